The van der Waals surface area contributed by atoms with Crippen LogP contribution in [0.4, 0.5) is 4.39 Å². The number of hydrogen-bond acceptors (Lipinski definition) is 3. The minimum atomic E-state index is -2.85. The normalized spacial score (nSPS) is 20.9. The molecule has 2 N–H and O–H groups in total. The summed E-state index contributed by atoms with van der Waals surface area (Å²) in [6.07, 6.45) is 0.698. The number of guanidine groups is 1. The highest BCUT2D eigenvalue weighted by Gasteiger charge is 2.27. The first kappa shape index (κ1) is 16.7. The zero-order chi connectivity index (χ0) is 16.2. The average molecular weight is 327 g/mol. The van der Waals surface area contributed by atoms with Gasteiger partial charge in [0.2, 0.25) is 0 Å². The molecule has 0 spiro atoms. The van der Waals surface area contributed by atoms with Gasteiger partial charge >= 0.3 is 0 Å². The summed E-state index contributed by atoms with van der Waals surface area (Å²) in [4.78, 5) is 4.11. The average Bonchev–Trinajstić information content (AvgIpc) is 2.82. The van der Waals surface area contributed by atoms with Gasteiger partial charge in [-0.15, -0.1) is 0 Å². The Hall–Kier alpha value is -1.63. The number of nitrogens with zero attached hydrogens (tertiary/aromatic N) is 1. The summed E-state index contributed by atoms with van der Waals surface area (Å²) in [5.41, 5.74) is 1.57. The summed E-state index contributed by atoms with van der Waals surface area (Å²) in [6.45, 7) is 2.84. The Kier molecular flexibility index (Phi) is 5.39. The van der Waals surface area contributed by atoms with Crippen molar-refractivity contribution in [3.8, 4) is 0 Å². The SMILES string of the molecule is CN=C(NCc1ccc(F)c(C)c1)NCC1CCS(=O)(=O)C1. The number of hydrogen-bond donors (Lipinski definition) is 2. The van der Waals surface area contributed by atoms with Crippen molar-refractivity contribution >= 4 is 15.8 Å². The molecule has 1 aliphatic heterocycles. The molecule has 1 saturated heterocycles. The first-order chi connectivity index (χ1) is 10.4. The molecule has 0 saturated carbocycles. The van der Waals surface area contributed by atoms with E-state index < -0.39 is 9.84 Å². The second-order valence-electron chi connectivity index (χ2n) is 5.66. The third-order valence-corrected chi connectivity index (χ3v) is 5.63. The molecular formula is C15H22FN3O2S. The Morgan fingerprint density at radius 3 is 2.77 bits per heavy atom. The molecule has 0 bridgehead atoms. The Morgan fingerprint density at radius 1 is 1.41 bits per heavy atom. The zero-order valence-electron chi connectivity index (χ0n) is 12.9. The van der Waals surface area contributed by atoms with Crippen LogP contribution < -0.4 is 10.6 Å². The Bertz CT molecular complexity index is 659. The molecule has 7 heteroatoms. The van der Waals surface area contributed by atoms with Crippen LogP contribution in [0.2, 0.25) is 0 Å². The number of halogens is 1. The molecule has 1 heterocycles. The van der Waals surface area contributed by atoms with Crippen LogP contribution in [-0.2, 0) is 16.4 Å². The van der Waals surface area contributed by atoms with E-state index in [2.05, 4.69) is 15.6 Å². The van der Waals surface area contributed by atoms with Crippen molar-refractivity contribution in [1.29, 1.82) is 0 Å². The van der Waals surface area contributed by atoms with Crippen LogP contribution in [0, 0.1) is 18.7 Å². The molecule has 1 fully saturated rings. The topological polar surface area (TPSA) is 70.6 Å². The number of sulfone groups is 1. The predicted octanol–water partition coefficient (Wildman–Crippen LogP) is 1.23. The highest BCUT2D eigenvalue weighted by atomic mass is 32.2. The molecule has 1 aliphatic rings. The lowest BCUT2D eigenvalue weighted by Gasteiger charge is -2.14. The lowest BCUT2D eigenvalue weighted by molar-refractivity contribution is 0.567. The summed E-state index contributed by atoms with van der Waals surface area (Å²) in [6, 6.07) is 4.97. The van der Waals surface area contributed by atoms with Gasteiger partial charge in [0.15, 0.2) is 15.8 Å². The van der Waals surface area contributed by atoms with Gasteiger partial charge < -0.3 is 10.6 Å². The Labute approximate surface area is 130 Å². The molecule has 1 atom stereocenters. The first-order valence-corrected chi connectivity index (χ1v) is 9.12. The van der Waals surface area contributed by atoms with Crippen LogP contribution >= 0.6 is 0 Å². The predicted molar refractivity (Wildman–Crippen MR) is 86.1 cm³/mol. The maximum absolute atomic E-state index is 13.2. The maximum atomic E-state index is 13.2. The third-order valence-electron chi connectivity index (χ3n) is 3.79. The van der Waals surface area contributed by atoms with E-state index in [1.807, 2.05) is 0 Å². The number of benzene rings is 1. The summed E-state index contributed by atoms with van der Waals surface area (Å²) < 4.78 is 36.1. The number of rotatable bonds is 4. The van der Waals surface area contributed by atoms with Gasteiger partial charge in [-0.1, -0.05) is 12.1 Å². The molecule has 1 aromatic carbocycles. The molecule has 0 aromatic heterocycles. The van der Waals surface area contributed by atoms with Crippen LogP contribution in [0.5, 0.6) is 0 Å². The minimum absolute atomic E-state index is 0.136. The van der Waals surface area contributed by atoms with Gasteiger partial charge in [0.25, 0.3) is 0 Å². The minimum Gasteiger partial charge on any atom is -0.356 e. The fourth-order valence-electron chi connectivity index (χ4n) is 2.50. The number of aliphatic imine (C=N–C) groups is 1. The molecule has 1 unspecified atom stereocenters. The highest BCUT2D eigenvalue weighted by Crippen LogP contribution is 2.17. The van der Waals surface area contributed by atoms with Crippen molar-refractivity contribution in [2.75, 3.05) is 25.1 Å². The Morgan fingerprint density at radius 2 is 2.18 bits per heavy atom. The fourth-order valence-corrected chi connectivity index (χ4v) is 4.36. The van der Waals surface area contributed by atoms with E-state index in [1.54, 1.807) is 26.1 Å². The lowest BCUT2D eigenvalue weighted by Crippen LogP contribution is -2.39. The fraction of sp³-hybridized carbons (Fsp3) is 0.533. The van der Waals surface area contributed by atoms with Crippen LogP contribution in [0.3, 0.4) is 0 Å². The van der Waals surface area contributed by atoms with E-state index in [0.29, 0.717) is 31.0 Å². The van der Waals surface area contributed by atoms with Crippen molar-refractivity contribution < 1.29 is 12.8 Å². The van der Waals surface area contributed by atoms with Gasteiger partial charge in [0.05, 0.1) is 11.5 Å². The van der Waals surface area contributed by atoms with Crippen molar-refractivity contribution in [3.05, 3.63) is 35.1 Å². The lowest BCUT2D eigenvalue weighted by atomic mass is 10.1. The second-order valence-corrected chi connectivity index (χ2v) is 7.89. The van der Waals surface area contributed by atoms with Crippen LogP contribution in [0.25, 0.3) is 0 Å². The van der Waals surface area contributed by atoms with E-state index >= 15 is 0 Å². The smallest absolute Gasteiger partial charge is 0.191 e. The Balaban J connectivity index is 1.81. The van der Waals surface area contributed by atoms with Gasteiger partial charge in [-0.2, -0.15) is 0 Å². The van der Waals surface area contributed by atoms with E-state index in [0.717, 1.165) is 5.56 Å². The van der Waals surface area contributed by atoms with Gasteiger partial charge in [-0.05, 0) is 36.5 Å². The maximum Gasteiger partial charge on any atom is 0.191 e. The molecular weight excluding hydrogens is 305 g/mol. The van der Waals surface area contributed by atoms with Crippen molar-refractivity contribution in [1.82, 2.24) is 10.6 Å². The molecule has 0 aliphatic carbocycles. The molecule has 1 aromatic rings. The van der Waals surface area contributed by atoms with Gasteiger partial charge in [-0.3, -0.25) is 4.99 Å². The van der Waals surface area contributed by atoms with E-state index in [-0.39, 0.29) is 23.2 Å². The molecule has 0 amide bonds. The van der Waals surface area contributed by atoms with Crippen molar-refractivity contribution in [2.24, 2.45) is 10.9 Å². The molecule has 5 nitrogen and oxygen atoms in total. The largest absolute Gasteiger partial charge is 0.356 e. The van der Waals surface area contributed by atoms with Crippen molar-refractivity contribution in [2.45, 2.75) is 19.9 Å². The van der Waals surface area contributed by atoms with E-state index in [9.17, 15) is 12.8 Å². The number of aryl methyl sites for hydroxylation is 1. The summed E-state index contributed by atoms with van der Waals surface area (Å²) in [5, 5.41) is 6.29. The third kappa shape index (κ3) is 4.69. The monoisotopic (exact) mass is 327 g/mol. The summed E-state index contributed by atoms with van der Waals surface area (Å²) >= 11 is 0. The molecule has 22 heavy (non-hydrogen) atoms. The molecule has 122 valence electrons. The zero-order valence-corrected chi connectivity index (χ0v) is 13.7. The van der Waals surface area contributed by atoms with Gasteiger partial charge in [-0.25, -0.2) is 12.8 Å². The quantitative estimate of drug-likeness (QED) is 0.645. The van der Waals surface area contributed by atoms with Gasteiger partial charge in [0, 0.05) is 20.1 Å². The molecule has 2 rings (SSSR count). The number of nitrogens with one attached hydrogen (secondary N) is 2. The van der Waals surface area contributed by atoms with E-state index in [1.165, 1.54) is 6.07 Å². The van der Waals surface area contributed by atoms with Crippen LogP contribution in [0.1, 0.15) is 17.5 Å². The first-order valence-electron chi connectivity index (χ1n) is 7.29. The van der Waals surface area contributed by atoms with Gasteiger partial charge in [0.1, 0.15) is 5.82 Å². The highest BCUT2D eigenvalue weighted by molar-refractivity contribution is 7.91. The van der Waals surface area contributed by atoms with E-state index in [4.69, 9.17) is 0 Å². The van der Waals surface area contributed by atoms with Crippen LogP contribution in [-0.4, -0.2) is 39.5 Å². The van der Waals surface area contributed by atoms with Crippen LogP contribution in [0.15, 0.2) is 23.2 Å². The standard InChI is InChI=1S/C15H22FN3O2S/c1-11-7-12(3-4-14(11)16)8-18-15(17-2)19-9-13-5-6-22(20,21)10-13/h3-4,7,13H,5-6,8-10H2,1-2H3,(H2,17,18,19). The second kappa shape index (κ2) is 7.09. The summed E-state index contributed by atoms with van der Waals surface area (Å²) in [7, 11) is -1.19. The summed E-state index contributed by atoms with van der Waals surface area (Å²) in [5.74, 6) is 1.06. The van der Waals surface area contributed by atoms with Crippen molar-refractivity contribution in [3.63, 3.8) is 0 Å². The molecule has 0 radical (unpaired) electrons.